The number of carbonyl (C=O) groups is 3. The first-order valence-corrected chi connectivity index (χ1v) is 8.25. The molecule has 0 saturated carbocycles. The molecule has 0 aromatic carbocycles. The third-order valence-electron chi connectivity index (χ3n) is 3.14. The molecule has 1 aromatic heterocycles. The van der Waals surface area contributed by atoms with Crippen LogP contribution in [0.3, 0.4) is 0 Å². The SMILES string of the molecule is COC(=O)[C@@H](NC(=O)Cn1cc(CNC(=O)OC(C)(C)C)nn1)C(C)C. The average molecular weight is 369 g/mol. The van der Waals surface area contributed by atoms with Crippen LogP contribution in [0.5, 0.6) is 0 Å². The van der Waals surface area contributed by atoms with E-state index in [0.29, 0.717) is 5.69 Å². The maximum absolute atomic E-state index is 12.1. The van der Waals surface area contributed by atoms with E-state index in [0.717, 1.165) is 0 Å². The third-order valence-corrected chi connectivity index (χ3v) is 3.14. The van der Waals surface area contributed by atoms with Crippen molar-refractivity contribution in [1.82, 2.24) is 25.6 Å². The lowest BCUT2D eigenvalue weighted by Crippen LogP contribution is -2.46. The Morgan fingerprint density at radius 1 is 1.27 bits per heavy atom. The van der Waals surface area contributed by atoms with Crippen LogP contribution in [0, 0.1) is 5.92 Å². The van der Waals surface area contributed by atoms with E-state index in [4.69, 9.17) is 4.74 Å². The molecule has 0 spiro atoms. The van der Waals surface area contributed by atoms with Crippen LogP contribution in [0.15, 0.2) is 6.20 Å². The van der Waals surface area contributed by atoms with Crippen molar-refractivity contribution >= 4 is 18.0 Å². The van der Waals surface area contributed by atoms with Crippen molar-refractivity contribution < 1.29 is 23.9 Å². The van der Waals surface area contributed by atoms with Crippen LogP contribution >= 0.6 is 0 Å². The predicted molar refractivity (Wildman–Crippen MR) is 91.9 cm³/mol. The number of aromatic nitrogens is 3. The first-order chi connectivity index (χ1) is 12.0. The minimum atomic E-state index is -0.732. The summed E-state index contributed by atoms with van der Waals surface area (Å²) in [6.45, 7) is 8.91. The number of methoxy groups -OCH3 is 1. The van der Waals surface area contributed by atoms with Crippen LogP contribution in [0.1, 0.15) is 40.3 Å². The number of hydrogen-bond donors (Lipinski definition) is 2. The molecular weight excluding hydrogens is 342 g/mol. The van der Waals surface area contributed by atoms with Gasteiger partial charge in [0.1, 0.15) is 23.9 Å². The number of nitrogens with one attached hydrogen (secondary N) is 2. The fourth-order valence-corrected chi connectivity index (χ4v) is 1.96. The van der Waals surface area contributed by atoms with Gasteiger partial charge in [-0.2, -0.15) is 0 Å². The van der Waals surface area contributed by atoms with Crippen molar-refractivity contribution in [3.63, 3.8) is 0 Å². The van der Waals surface area contributed by atoms with Crippen molar-refractivity contribution in [2.45, 2.75) is 59.4 Å². The molecule has 0 radical (unpaired) electrons. The largest absolute Gasteiger partial charge is 0.467 e. The van der Waals surface area contributed by atoms with Gasteiger partial charge in [0.15, 0.2) is 0 Å². The summed E-state index contributed by atoms with van der Waals surface area (Å²) in [7, 11) is 1.27. The Hall–Kier alpha value is -2.65. The van der Waals surface area contributed by atoms with Crippen LogP contribution in [-0.4, -0.2) is 51.7 Å². The molecule has 2 N–H and O–H groups in total. The molecule has 2 amide bonds. The Morgan fingerprint density at radius 3 is 2.46 bits per heavy atom. The van der Waals surface area contributed by atoms with E-state index in [1.54, 1.807) is 34.6 Å². The number of amides is 2. The lowest BCUT2D eigenvalue weighted by atomic mass is 10.0. The number of ether oxygens (including phenoxy) is 2. The molecule has 1 rings (SSSR count). The number of alkyl carbamates (subject to hydrolysis) is 1. The summed E-state index contributed by atoms with van der Waals surface area (Å²) in [5.41, 5.74) is -0.121. The van der Waals surface area contributed by atoms with Gasteiger partial charge in [-0.25, -0.2) is 14.3 Å². The summed E-state index contributed by atoms with van der Waals surface area (Å²) in [6, 6.07) is -0.732. The number of carbonyl (C=O) groups excluding carboxylic acids is 3. The second-order valence-electron chi connectivity index (χ2n) is 7.08. The highest BCUT2D eigenvalue weighted by atomic mass is 16.6. The maximum atomic E-state index is 12.1. The smallest absolute Gasteiger partial charge is 0.407 e. The number of esters is 1. The van der Waals surface area contributed by atoms with Crippen molar-refractivity contribution in [3.8, 4) is 0 Å². The fourth-order valence-electron chi connectivity index (χ4n) is 1.96. The van der Waals surface area contributed by atoms with E-state index in [-0.39, 0.29) is 19.0 Å². The topological polar surface area (TPSA) is 124 Å². The van der Waals surface area contributed by atoms with Gasteiger partial charge in [0, 0.05) is 0 Å². The van der Waals surface area contributed by atoms with Gasteiger partial charge in [0.05, 0.1) is 19.9 Å². The molecule has 1 atom stereocenters. The van der Waals surface area contributed by atoms with Gasteiger partial charge >= 0.3 is 12.1 Å². The van der Waals surface area contributed by atoms with Crippen LogP contribution in [-0.2, 0) is 32.2 Å². The summed E-state index contributed by atoms with van der Waals surface area (Å²) in [5, 5.41) is 12.9. The summed E-state index contributed by atoms with van der Waals surface area (Å²) in [6.07, 6.45) is 0.960. The molecule has 0 aliphatic heterocycles. The number of hydrogen-bond acceptors (Lipinski definition) is 7. The monoisotopic (exact) mass is 369 g/mol. The number of rotatable bonds is 7. The standard InChI is InChI=1S/C16H27N5O5/c1-10(2)13(14(23)25-6)18-12(22)9-21-8-11(19-20-21)7-17-15(24)26-16(3,4)5/h8,10,13H,7,9H2,1-6H3,(H,17,24)(H,18,22)/t13-/m0/s1. The molecule has 0 bridgehead atoms. The van der Waals surface area contributed by atoms with Gasteiger partial charge < -0.3 is 20.1 Å². The zero-order valence-electron chi connectivity index (χ0n) is 16.0. The van der Waals surface area contributed by atoms with Crippen LogP contribution in [0.2, 0.25) is 0 Å². The molecule has 1 heterocycles. The van der Waals surface area contributed by atoms with E-state index in [9.17, 15) is 14.4 Å². The Balaban J connectivity index is 2.53. The van der Waals surface area contributed by atoms with Crippen LogP contribution in [0.4, 0.5) is 4.79 Å². The Labute approximate surface area is 152 Å². The summed E-state index contributed by atoms with van der Waals surface area (Å²) >= 11 is 0. The van der Waals surface area contributed by atoms with E-state index in [1.165, 1.54) is 18.0 Å². The molecule has 10 heteroatoms. The average Bonchev–Trinajstić information content (AvgIpc) is 2.95. The quantitative estimate of drug-likeness (QED) is 0.675. The normalized spacial score (nSPS) is 12.4. The lowest BCUT2D eigenvalue weighted by molar-refractivity contribution is -0.146. The van der Waals surface area contributed by atoms with E-state index < -0.39 is 29.6 Å². The second kappa shape index (κ2) is 9.16. The van der Waals surface area contributed by atoms with E-state index in [2.05, 4.69) is 25.7 Å². The summed E-state index contributed by atoms with van der Waals surface area (Å²) < 4.78 is 11.1. The highest BCUT2D eigenvalue weighted by molar-refractivity contribution is 5.84. The highest BCUT2D eigenvalue weighted by Gasteiger charge is 2.25. The van der Waals surface area contributed by atoms with Crippen molar-refractivity contribution in [3.05, 3.63) is 11.9 Å². The zero-order valence-corrected chi connectivity index (χ0v) is 16.0. The number of nitrogens with zero attached hydrogens (tertiary/aromatic N) is 3. The Kier molecular flexibility index (Phi) is 7.54. The van der Waals surface area contributed by atoms with Crippen LogP contribution < -0.4 is 10.6 Å². The molecule has 146 valence electrons. The highest BCUT2D eigenvalue weighted by Crippen LogP contribution is 2.07. The van der Waals surface area contributed by atoms with Gasteiger partial charge in [-0.15, -0.1) is 5.10 Å². The van der Waals surface area contributed by atoms with Gasteiger partial charge in [0.25, 0.3) is 0 Å². The van der Waals surface area contributed by atoms with Gasteiger partial charge in [0.2, 0.25) is 5.91 Å². The zero-order chi connectivity index (χ0) is 19.9. The first-order valence-electron chi connectivity index (χ1n) is 8.25. The van der Waals surface area contributed by atoms with Gasteiger partial charge in [-0.3, -0.25) is 4.79 Å². The third kappa shape index (κ3) is 7.49. The first kappa shape index (κ1) is 21.4. The lowest BCUT2D eigenvalue weighted by Gasteiger charge is -2.19. The van der Waals surface area contributed by atoms with E-state index >= 15 is 0 Å². The van der Waals surface area contributed by atoms with Crippen LogP contribution in [0.25, 0.3) is 0 Å². The maximum Gasteiger partial charge on any atom is 0.407 e. The molecular formula is C16H27N5O5. The molecule has 0 unspecified atom stereocenters. The molecule has 10 nitrogen and oxygen atoms in total. The second-order valence-corrected chi connectivity index (χ2v) is 7.08. The molecule has 0 aliphatic carbocycles. The Morgan fingerprint density at radius 2 is 1.92 bits per heavy atom. The Bertz CT molecular complexity index is 635. The molecule has 1 aromatic rings. The molecule has 26 heavy (non-hydrogen) atoms. The van der Waals surface area contributed by atoms with Crippen molar-refractivity contribution in [1.29, 1.82) is 0 Å². The summed E-state index contributed by atoms with van der Waals surface area (Å²) in [5.74, 6) is -1.02. The summed E-state index contributed by atoms with van der Waals surface area (Å²) in [4.78, 5) is 35.3. The molecule has 0 aliphatic rings. The minimum absolute atomic E-state index is 0.111. The molecule has 0 fully saturated rings. The molecule has 0 saturated heterocycles. The van der Waals surface area contributed by atoms with Crippen molar-refractivity contribution in [2.75, 3.05) is 7.11 Å². The predicted octanol–water partition coefficient (Wildman–Crippen LogP) is 0.617. The van der Waals surface area contributed by atoms with E-state index in [1.807, 2.05) is 0 Å². The van der Waals surface area contributed by atoms with Crippen molar-refractivity contribution in [2.24, 2.45) is 5.92 Å². The minimum Gasteiger partial charge on any atom is -0.467 e. The van der Waals surface area contributed by atoms with Gasteiger partial charge in [-0.1, -0.05) is 19.1 Å². The fraction of sp³-hybridized carbons (Fsp3) is 0.688. The van der Waals surface area contributed by atoms with Gasteiger partial charge in [-0.05, 0) is 26.7 Å².